The van der Waals surface area contributed by atoms with Crippen LogP contribution in [-0.4, -0.2) is 33.2 Å². The fraction of sp³-hybridized carbons (Fsp3) is 0.462. The minimum Gasteiger partial charge on any atom is -0.497 e. The fourth-order valence-electron chi connectivity index (χ4n) is 1.75. The van der Waals surface area contributed by atoms with Crippen LogP contribution in [0.5, 0.6) is 11.5 Å². The van der Waals surface area contributed by atoms with Gasteiger partial charge in [0.1, 0.15) is 11.5 Å². The van der Waals surface area contributed by atoms with Crippen molar-refractivity contribution in [3.8, 4) is 11.5 Å². The summed E-state index contributed by atoms with van der Waals surface area (Å²) >= 11 is 0. The first-order chi connectivity index (χ1) is 8.67. The second kappa shape index (κ2) is 6.86. The summed E-state index contributed by atoms with van der Waals surface area (Å²) in [5.41, 5.74) is 6.15. The molecule has 5 heteroatoms. The highest BCUT2D eigenvalue weighted by atomic mass is 16.5. The van der Waals surface area contributed by atoms with Crippen molar-refractivity contribution in [2.24, 2.45) is 5.73 Å². The third-order valence-electron chi connectivity index (χ3n) is 2.65. The van der Waals surface area contributed by atoms with Crippen LogP contribution in [0.3, 0.4) is 0 Å². The van der Waals surface area contributed by atoms with E-state index in [1.165, 1.54) is 0 Å². The molecule has 100 valence electrons. The van der Waals surface area contributed by atoms with Gasteiger partial charge in [0.05, 0.1) is 19.9 Å². The lowest BCUT2D eigenvalue weighted by atomic mass is 10.2. The fourth-order valence-corrected chi connectivity index (χ4v) is 1.75. The molecule has 0 bridgehead atoms. The number of carbonyl (C=O) groups excluding carboxylic acids is 1. The van der Waals surface area contributed by atoms with Gasteiger partial charge in [0.2, 0.25) is 5.91 Å². The van der Waals surface area contributed by atoms with Gasteiger partial charge in [-0.1, -0.05) is 0 Å². The first-order valence-corrected chi connectivity index (χ1v) is 5.90. The first-order valence-electron chi connectivity index (χ1n) is 5.90. The third kappa shape index (κ3) is 3.13. The van der Waals surface area contributed by atoms with Crippen LogP contribution in [0.4, 0.5) is 5.69 Å². The number of anilines is 1. The number of benzene rings is 1. The van der Waals surface area contributed by atoms with E-state index in [1.807, 2.05) is 13.0 Å². The van der Waals surface area contributed by atoms with Gasteiger partial charge in [-0.25, -0.2) is 0 Å². The summed E-state index contributed by atoms with van der Waals surface area (Å²) in [4.78, 5) is 13.6. The molecule has 0 aliphatic rings. The predicted molar refractivity (Wildman–Crippen MR) is 71.2 cm³/mol. The van der Waals surface area contributed by atoms with Gasteiger partial charge < -0.3 is 20.1 Å². The summed E-state index contributed by atoms with van der Waals surface area (Å²) in [5.74, 6) is 1.29. The van der Waals surface area contributed by atoms with Crippen molar-refractivity contribution in [1.82, 2.24) is 0 Å². The molecular formula is C13H20N2O3. The SMILES string of the molecule is CCN(C(=O)CCN)c1ccc(OC)cc1OC. The number of nitrogens with zero attached hydrogens (tertiary/aromatic N) is 1. The zero-order chi connectivity index (χ0) is 13.5. The van der Waals surface area contributed by atoms with Crippen molar-refractivity contribution in [2.75, 3.05) is 32.2 Å². The molecule has 0 fully saturated rings. The van der Waals surface area contributed by atoms with Gasteiger partial charge in [-0.2, -0.15) is 0 Å². The van der Waals surface area contributed by atoms with Crippen molar-refractivity contribution in [1.29, 1.82) is 0 Å². The average molecular weight is 252 g/mol. The molecule has 0 aliphatic heterocycles. The maximum atomic E-state index is 12.0. The van der Waals surface area contributed by atoms with Gasteiger partial charge in [-0.15, -0.1) is 0 Å². The van der Waals surface area contributed by atoms with E-state index in [9.17, 15) is 4.79 Å². The number of methoxy groups -OCH3 is 2. The summed E-state index contributed by atoms with van der Waals surface area (Å²) in [6, 6.07) is 5.37. The molecule has 2 N–H and O–H groups in total. The highest BCUT2D eigenvalue weighted by Gasteiger charge is 2.17. The van der Waals surface area contributed by atoms with E-state index in [4.69, 9.17) is 15.2 Å². The molecule has 1 aromatic rings. The normalized spacial score (nSPS) is 10.0. The number of nitrogens with two attached hydrogens (primary N) is 1. The van der Waals surface area contributed by atoms with Crippen molar-refractivity contribution in [3.05, 3.63) is 18.2 Å². The summed E-state index contributed by atoms with van der Waals surface area (Å²) < 4.78 is 10.4. The summed E-state index contributed by atoms with van der Waals surface area (Å²) in [6.07, 6.45) is 0.322. The molecule has 0 aliphatic carbocycles. The maximum Gasteiger partial charge on any atom is 0.228 e. The Labute approximate surface area is 107 Å². The van der Waals surface area contributed by atoms with E-state index in [0.717, 1.165) is 5.69 Å². The lowest BCUT2D eigenvalue weighted by Gasteiger charge is -2.23. The molecule has 1 rings (SSSR count). The van der Waals surface area contributed by atoms with E-state index in [0.29, 0.717) is 31.0 Å². The molecule has 0 atom stereocenters. The van der Waals surface area contributed by atoms with E-state index >= 15 is 0 Å². The molecule has 5 nitrogen and oxygen atoms in total. The maximum absolute atomic E-state index is 12.0. The Morgan fingerprint density at radius 1 is 1.33 bits per heavy atom. The van der Waals surface area contributed by atoms with Crippen LogP contribution in [-0.2, 0) is 4.79 Å². The Bertz CT molecular complexity index is 407. The Kier molecular flexibility index (Phi) is 5.45. The van der Waals surface area contributed by atoms with Gasteiger partial charge >= 0.3 is 0 Å². The smallest absolute Gasteiger partial charge is 0.228 e. The molecule has 0 unspecified atom stereocenters. The Morgan fingerprint density at radius 2 is 2.06 bits per heavy atom. The molecule has 18 heavy (non-hydrogen) atoms. The molecule has 0 radical (unpaired) electrons. The Hall–Kier alpha value is -1.75. The van der Waals surface area contributed by atoms with E-state index in [-0.39, 0.29) is 5.91 Å². The van der Waals surface area contributed by atoms with Gasteiger partial charge in [-0.3, -0.25) is 4.79 Å². The standard InChI is InChI=1S/C13H20N2O3/c1-4-15(13(16)7-8-14)11-6-5-10(17-2)9-12(11)18-3/h5-6,9H,4,7-8,14H2,1-3H3. The number of rotatable bonds is 6. The lowest BCUT2D eigenvalue weighted by molar-refractivity contribution is -0.118. The number of hydrogen-bond acceptors (Lipinski definition) is 4. The first kappa shape index (κ1) is 14.3. The quantitative estimate of drug-likeness (QED) is 0.831. The molecule has 1 amide bonds. The molecular weight excluding hydrogens is 232 g/mol. The highest BCUT2D eigenvalue weighted by molar-refractivity contribution is 5.95. The number of carbonyl (C=O) groups is 1. The second-order valence-electron chi connectivity index (χ2n) is 3.71. The topological polar surface area (TPSA) is 64.8 Å². The van der Waals surface area contributed by atoms with E-state index < -0.39 is 0 Å². The zero-order valence-electron chi connectivity index (χ0n) is 11.1. The van der Waals surface area contributed by atoms with Crippen LogP contribution >= 0.6 is 0 Å². The van der Waals surface area contributed by atoms with Crippen LogP contribution in [0.2, 0.25) is 0 Å². The largest absolute Gasteiger partial charge is 0.497 e. The van der Waals surface area contributed by atoms with Crippen molar-refractivity contribution >= 4 is 11.6 Å². The Morgan fingerprint density at radius 3 is 2.56 bits per heavy atom. The molecule has 0 spiro atoms. The summed E-state index contributed by atoms with van der Waals surface area (Å²) in [7, 11) is 3.16. The number of amides is 1. The molecule has 1 aromatic carbocycles. The predicted octanol–water partition coefficient (Wildman–Crippen LogP) is 1.41. The van der Waals surface area contributed by atoms with Gasteiger partial charge in [0.25, 0.3) is 0 Å². The van der Waals surface area contributed by atoms with Crippen LogP contribution in [0.15, 0.2) is 18.2 Å². The van der Waals surface area contributed by atoms with Crippen LogP contribution in [0.25, 0.3) is 0 Å². The minimum atomic E-state index is -0.0107. The van der Waals surface area contributed by atoms with E-state index in [1.54, 1.807) is 31.3 Å². The highest BCUT2D eigenvalue weighted by Crippen LogP contribution is 2.32. The van der Waals surface area contributed by atoms with E-state index in [2.05, 4.69) is 0 Å². The molecule has 0 saturated carbocycles. The van der Waals surface area contributed by atoms with Crippen LogP contribution < -0.4 is 20.1 Å². The monoisotopic (exact) mass is 252 g/mol. The Balaban J connectivity index is 3.08. The number of hydrogen-bond donors (Lipinski definition) is 1. The average Bonchev–Trinajstić information content (AvgIpc) is 2.40. The molecule has 0 heterocycles. The van der Waals surface area contributed by atoms with Gasteiger partial charge in [0.15, 0.2) is 0 Å². The van der Waals surface area contributed by atoms with Gasteiger partial charge in [0, 0.05) is 25.6 Å². The minimum absolute atomic E-state index is 0.0107. The van der Waals surface area contributed by atoms with Crippen molar-refractivity contribution in [3.63, 3.8) is 0 Å². The summed E-state index contributed by atoms with van der Waals surface area (Å²) in [6.45, 7) is 2.83. The van der Waals surface area contributed by atoms with Crippen molar-refractivity contribution < 1.29 is 14.3 Å². The third-order valence-corrected chi connectivity index (χ3v) is 2.65. The molecule has 0 aromatic heterocycles. The van der Waals surface area contributed by atoms with Crippen molar-refractivity contribution in [2.45, 2.75) is 13.3 Å². The molecule has 0 saturated heterocycles. The second-order valence-corrected chi connectivity index (χ2v) is 3.71. The van der Waals surface area contributed by atoms with Crippen LogP contribution in [0, 0.1) is 0 Å². The summed E-state index contributed by atoms with van der Waals surface area (Å²) in [5, 5.41) is 0. The number of ether oxygens (including phenoxy) is 2. The van der Waals surface area contributed by atoms with Gasteiger partial charge in [-0.05, 0) is 19.1 Å². The lowest BCUT2D eigenvalue weighted by Crippen LogP contribution is -2.32. The zero-order valence-corrected chi connectivity index (χ0v) is 11.1. The van der Waals surface area contributed by atoms with Crippen LogP contribution in [0.1, 0.15) is 13.3 Å².